The summed E-state index contributed by atoms with van der Waals surface area (Å²) >= 11 is 0. The number of carboxylic acid groups (broad SMARTS) is 2. The predicted octanol–water partition coefficient (Wildman–Crippen LogP) is 10.2. The van der Waals surface area contributed by atoms with Crippen molar-refractivity contribution in [2.45, 2.75) is 175 Å². The van der Waals surface area contributed by atoms with E-state index < -0.39 is 17.9 Å². The molecular weight excluding hydrogens is 436 g/mol. The molecular formula is C31H60O4. The van der Waals surface area contributed by atoms with Crippen molar-refractivity contribution in [2.75, 3.05) is 0 Å². The van der Waals surface area contributed by atoms with Gasteiger partial charge in [0.05, 0.1) is 5.92 Å². The first-order valence-electron chi connectivity index (χ1n) is 15.4. The smallest absolute Gasteiger partial charge is 0.307 e. The Bertz CT molecular complexity index is 488. The van der Waals surface area contributed by atoms with E-state index in [9.17, 15) is 14.7 Å². The van der Waals surface area contributed by atoms with Crippen molar-refractivity contribution in [3.8, 4) is 0 Å². The molecule has 1 unspecified atom stereocenters. The molecule has 0 radical (unpaired) electrons. The summed E-state index contributed by atoms with van der Waals surface area (Å²) in [5.74, 6) is -1.93. The normalized spacial score (nSPS) is 12.7. The monoisotopic (exact) mass is 496 g/mol. The summed E-state index contributed by atoms with van der Waals surface area (Å²) in [6, 6.07) is 0. The van der Waals surface area contributed by atoms with Gasteiger partial charge < -0.3 is 10.2 Å². The van der Waals surface area contributed by atoms with Crippen LogP contribution >= 0.6 is 0 Å². The Balaban J connectivity index is 5.33. The van der Waals surface area contributed by atoms with Gasteiger partial charge in [-0.05, 0) is 37.5 Å². The second-order valence-electron chi connectivity index (χ2n) is 11.1. The summed E-state index contributed by atoms with van der Waals surface area (Å²) in [6.45, 7) is 6.71. The summed E-state index contributed by atoms with van der Waals surface area (Å²) in [4.78, 5) is 23.7. The van der Waals surface area contributed by atoms with Crippen LogP contribution in [0.15, 0.2) is 0 Å². The average molecular weight is 497 g/mol. The lowest BCUT2D eigenvalue weighted by atomic mass is 9.64. The number of hydrogen-bond acceptors (Lipinski definition) is 2. The second kappa shape index (κ2) is 23.3. The zero-order valence-electron chi connectivity index (χ0n) is 23.8. The molecule has 4 nitrogen and oxygen atoms in total. The summed E-state index contributed by atoms with van der Waals surface area (Å²) in [6.07, 6.45) is 26.1. The predicted molar refractivity (Wildman–Crippen MR) is 149 cm³/mol. The number of carbonyl (C=O) groups is 2. The molecule has 0 bridgehead atoms. The Kier molecular flexibility index (Phi) is 22.6. The molecule has 35 heavy (non-hydrogen) atoms. The van der Waals surface area contributed by atoms with Crippen molar-refractivity contribution in [3.63, 3.8) is 0 Å². The fourth-order valence-electron chi connectivity index (χ4n) is 5.82. The minimum absolute atomic E-state index is 0.0740. The number of unbranched alkanes of at least 4 members (excludes halogenated alkanes) is 15. The largest absolute Gasteiger partial charge is 0.481 e. The minimum atomic E-state index is -0.818. The van der Waals surface area contributed by atoms with E-state index in [4.69, 9.17) is 5.11 Å². The maximum atomic E-state index is 12.6. The van der Waals surface area contributed by atoms with Gasteiger partial charge in [0, 0.05) is 6.42 Å². The van der Waals surface area contributed by atoms with E-state index in [0.29, 0.717) is 12.8 Å². The van der Waals surface area contributed by atoms with E-state index >= 15 is 0 Å². The Morgan fingerprint density at radius 1 is 0.543 bits per heavy atom. The number of hydrogen-bond donors (Lipinski definition) is 2. The third kappa shape index (κ3) is 17.9. The molecule has 0 aromatic heterocycles. The summed E-state index contributed by atoms with van der Waals surface area (Å²) in [7, 11) is 0. The van der Waals surface area contributed by atoms with Gasteiger partial charge in [0.15, 0.2) is 0 Å². The molecule has 0 aliphatic heterocycles. The van der Waals surface area contributed by atoms with Crippen molar-refractivity contribution in [2.24, 2.45) is 11.3 Å². The van der Waals surface area contributed by atoms with Crippen molar-refractivity contribution < 1.29 is 19.8 Å². The molecule has 0 amide bonds. The molecule has 0 saturated heterocycles. The van der Waals surface area contributed by atoms with Gasteiger partial charge in [0.1, 0.15) is 0 Å². The molecule has 2 N–H and O–H groups in total. The van der Waals surface area contributed by atoms with Crippen LogP contribution in [0, 0.1) is 11.3 Å². The van der Waals surface area contributed by atoms with Gasteiger partial charge in [-0.15, -0.1) is 0 Å². The van der Waals surface area contributed by atoms with Crippen LogP contribution in [0.5, 0.6) is 0 Å². The standard InChI is InChI=1S/C31H60O4/c1-4-7-10-13-14-15-18-21-27-31(25-19-16-11-8-5-2,26-20-17-12-9-6-3)28(30(34)35)23-22-24-29(32)33/h28H,4-27H2,1-3H3,(H,32,33)(H,34,35). The Labute approximate surface area is 218 Å². The van der Waals surface area contributed by atoms with Gasteiger partial charge in [-0.25, -0.2) is 0 Å². The zero-order chi connectivity index (χ0) is 26.2. The van der Waals surface area contributed by atoms with E-state index in [-0.39, 0.29) is 11.8 Å². The molecule has 0 aliphatic carbocycles. The lowest BCUT2D eigenvalue weighted by Crippen LogP contribution is -2.36. The van der Waals surface area contributed by atoms with Crippen LogP contribution in [-0.4, -0.2) is 22.2 Å². The third-order valence-electron chi connectivity index (χ3n) is 8.01. The second-order valence-corrected chi connectivity index (χ2v) is 11.1. The van der Waals surface area contributed by atoms with Gasteiger partial charge in [-0.2, -0.15) is 0 Å². The van der Waals surface area contributed by atoms with E-state index in [2.05, 4.69) is 20.8 Å². The molecule has 0 aromatic carbocycles. The highest BCUT2D eigenvalue weighted by molar-refractivity contribution is 5.71. The topological polar surface area (TPSA) is 74.6 Å². The molecule has 0 heterocycles. The van der Waals surface area contributed by atoms with Gasteiger partial charge in [0.25, 0.3) is 0 Å². The first kappa shape index (κ1) is 33.9. The van der Waals surface area contributed by atoms with Crippen molar-refractivity contribution in [1.29, 1.82) is 0 Å². The first-order chi connectivity index (χ1) is 16.9. The minimum Gasteiger partial charge on any atom is -0.481 e. The summed E-state index contributed by atoms with van der Waals surface area (Å²) in [5.41, 5.74) is -0.176. The summed E-state index contributed by atoms with van der Waals surface area (Å²) in [5, 5.41) is 19.5. The fraction of sp³-hybridized carbons (Fsp3) is 0.935. The van der Waals surface area contributed by atoms with Crippen LogP contribution in [-0.2, 0) is 9.59 Å². The first-order valence-corrected chi connectivity index (χ1v) is 15.4. The van der Waals surface area contributed by atoms with Crippen LogP contribution in [0.25, 0.3) is 0 Å². The van der Waals surface area contributed by atoms with Gasteiger partial charge in [0.2, 0.25) is 0 Å². The van der Waals surface area contributed by atoms with Crippen molar-refractivity contribution in [3.05, 3.63) is 0 Å². The Hall–Kier alpha value is -1.06. The van der Waals surface area contributed by atoms with Crippen molar-refractivity contribution >= 4 is 11.9 Å². The quantitative estimate of drug-likeness (QED) is 0.111. The SMILES string of the molecule is CCCCCCCCCCC(CCCCCCC)(CCCCCCC)C(CCCC(=O)O)C(=O)O. The molecule has 0 saturated carbocycles. The molecule has 0 aliphatic rings. The van der Waals surface area contributed by atoms with Crippen LogP contribution in [0.1, 0.15) is 175 Å². The Morgan fingerprint density at radius 3 is 1.20 bits per heavy atom. The van der Waals surface area contributed by atoms with Gasteiger partial charge in [-0.1, -0.05) is 136 Å². The fourth-order valence-corrected chi connectivity index (χ4v) is 5.82. The van der Waals surface area contributed by atoms with E-state index in [0.717, 1.165) is 38.5 Å². The van der Waals surface area contributed by atoms with Crippen LogP contribution in [0.2, 0.25) is 0 Å². The molecule has 0 spiro atoms. The third-order valence-corrected chi connectivity index (χ3v) is 8.01. The average Bonchev–Trinajstić information content (AvgIpc) is 2.82. The van der Waals surface area contributed by atoms with Crippen LogP contribution < -0.4 is 0 Å². The number of carboxylic acids is 2. The van der Waals surface area contributed by atoms with Crippen molar-refractivity contribution in [1.82, 2.24) is 0 Å². The molecule has 4 heteroatoms. The summed E-state index contributed by atoms with van der Waals surface area (Å²) < 4.78 is 0. The van der Waals surface area contributed by atoms with E-state index in [1.165, 1.54) is 96.3 Å². The zero-order valence-corrected chi connectivity index (χ0v) is 23.8. The highest BCUT2D eigenvalue weighted by atomic mass is 16.4. The van der Waals surface area contributed by atoms with Crippen LogP contribution in [0.4, 0.5) is 0 Å². The number of rotatable bonds is 27. The van der Waals surface area contributed by atoms with Crippen LogP contribution in [0.3, 0.4) is 0 Å². The van der Waals surface area contributed by atoms with Gasteiger partial charge in [-0.3, -0.25) is 9.59 Å². The molecule has 0 rings (SSSR count). The number of aliphatic carboxylic acids is 2. The van der Waals surface area contributed by atoms with E-state index in [1.807, 2.05) is 0 Å². The lowest BCUT2D eigenvalue weighted by Gasteiger charge is -2.40. The van der Waals surface area contributed by atoms with Gasteiger partial charge >= 0.3 is 11.9 Å². The molecule has 0 fully saturated rings. The maximum absolute atomic E-state index is 12.6. The maximum Gasteiger partial charge on any atom is 0.307 e. The van der Waals surface area contributed by atoms with E-state index in [1.54, 1.807) is 0 Å². The molecule has 208 valence electrons. The molecule has 0 aromatic rings. The lowest BCUT2D eigenvalue weighted by molar-refractivity contribution is -0.149. The highest BCUT2D eigenvalue weighted by Crippen LogP contribution is 2.46. The Morgan fingerprint density at radius 2 is 0.886 bits per heavy atom. The highest BCUT2D eigenvalue weighted by Gasteiger charge is 2.41. The molecule has 1 atom stereocenters.